The molecule has 1 aromatic heterocycles. The third kappa shape index (κ3) is 3.77. The number of carbonyl (C=O) groups is 1. The molecule has 152 valence electrons. The van der Waals surface area contributed by atoms with Crippen LogP contribution < -0.4 is 9.64 Å². The van der Waals surface area contributed by atoms with Crippen LogP contribution >= 0.6 is 0 Å². The molecule has 3 aromatic rings. The maximum absolute atomic E-state index is 11.9. The van der Waals surface area contributed by atoms with Gasteiger partial charge in [-0.3, -0.25) is 10.1 Å². The zero-order valence-corrected chi connectivity index (χ0v) is 16.1. The Kier molecular flexibility index (Phi) is 5.25. The number of nitro groups is 1. The highest BCUT2D eigenvalue weighted by atomic mass is 16.6. The van der Waals surface area contributed by atoms with E-state index in [9.17, 15) is 14.9 Å². The number of methoxy groups -OCH3 is 1. The topological polar surface area (TPSA) is 108 Å². The van der Waals surface area contributed by atoms with Gasteiger partial charge in [0.1, 0.15) is 12.1 Å². The van der Waals surface area contributed by atoms with Gasteiger partial charge >= 0.3 is 17.5 Å². The van der Waals surface area contributed by atoms with Crippen molar-refractivity contribution >= 4 is 17.5 Å². The Balaban J connectivity index is 1.64. The minimum absolute atomic E-state index is 0.158. The summed E-state index contributed by atoms with van der Waals surface area (Å²) in [7, 11) is 1.29. The van der Waals surface area contributed by atoms with Gasteiger partial charge in [0, 0.05) is 13.1 Å². The molecule has 9 nitrogen and oxygen atoms in total. The fourth-order valence-electron chi connectivity index (χ4n) is 3.38. The van der Waals surface area contributed by atoms with Gasteiger partial charge in [-0.05, 0) is 41.8 Å². The summed E-state index contributed by atoms with van der Waals surface area (Å²) in [6.07, 6.45) is 2.02. The van der Waals surface area contributed by atoms with Crippen molar-refractivity contribution in [2.75, 3.05) is 18.6 Å². The van der Waals surface area contributed by atoms with Crippen molar-refractivity contribution in [2.45, 2.75) is 13.0 Å². The lowest BCUT2D eigenvalue weighted by atomic mass is 10.00. The third-order valence-corrected chi connectivity index (χ3v) is 4.87. The number of anilines is 1. The summed E-state index contributed by atoms with van der Waals surface area (Å²) in [5, 5.41) is 11.9. The standard InChI is InChI=1S/C21H18N4O5/c1-29-21(26)15-6-8-17(9-7-15)30-20-18(25(27)28)19(22-13-23-20)24-11-10-14-4-2-3-5-16(14)12-24/h2-9,13H,10-12H2,1H3. The molecule has 0 bridgehead atoms. The van der Waals surface area contributed by atoms with E-state index in [0.29, 0.717) is 24.4 Å². The van der Waals surface area contributed by atoms with Gasteiger partial charge in [-0.25, -0.2) is 9.78 Å². The van der Waals surface area contributed by atoms with Gasteiger partial charge in [0.2, 0.25) is 5.82 Å². The number of benzene rings is 2. The first-order valence-electron chi connectivity index (χ1n) is 9.24. The molecule has 1 aliphatic rings. The second-order valence-electron chi connectivity index (χ2n) is 6.67. The molecule has 4 rings (SSSR count). The average molecular weight is 406 g/mol. The minimum Gasteiger partial charge on any atom is -0.465 e. The van der Waals surface area contributed by atoms with Crippen molar-refractivity contribution in [3.63, 3.8) is 0 Å². The Morgan fingerprint density at radius 3 is 2.53 bits per heavy atom. The van der Waals surface area contributed by atoms with E-state index in [-0.39, 0.29) is 17.4 Å². The molecule has 0 amide bonds. The Labute approximate surface area is 172 Å². The Morgan fingerprint density at radius 1 is 1.10 bits per heavy atom. The second kappa shape index (κ2) is 8.16. The van der Waals surface area contributed by atoms with Crippen LogP contribution in [0.25, 0.3) is 0 Å². The Hall–Kier alpha value is -4.01. The van der Waals surface area contributed by atoms with Crippen LogP contribution in [0.15, 0.2) is 54.9 Å². The number of rotatable bonds is 5. The zero-order chi connectivity index (χ0) is 21.1. The van der Waals surface area contributed by atoms with Crippen LogP contribution in [0.3, 0.4) is 0 Å². The van der Waals surface area contributed by atoms with E-state index >= 15 is 0 Å². The summed E-state index contributed by atoms with van der Waals surface area (Å²) in [6, 6.07) is 14.1. The molecule has 30 heavy (non-hydrogen) atoms. The smallest absolute Gasteiger partial charge is 0.373 e. The zero-order valence-electron chi connectivity index (χ0n) is 16.1. The van der Waals surface area contributed by atoms with Crippen molar-refractivity contribution in [1.29, 1.82) is 0 Å². The number of fused-ring (bicyclic) bond motifs is 1. The number of hydrogen-bond acceptors (Lipinski definition) is 8. The van der Waals surface area contributed by atoms with Crippen LogP contribution in [0.4, 0.5) is 11.5 Å². The Bertz CT molecular complexity index is 1100. The molecule has 0 spiro atoms. The molecule has 0 N–H and O–H groups in total. The third-order valence-electron chi connectivity index (χ3n) is 4.87. The summed E-state index contributed by atoms with van der Waals surface area (Å²) >= 11 is 0. The molecule has 0 saturated heterocycles. The molecule has 0 atom stereocenters. The van der Waals surface area contributed by atoms with E-state index < -0.39 is 10.9 Å². The number of hydrogen-bond donors (Lipinski definition) is 0. The summed E-state index contributed by atoms with van der Waals surface area (Å²) < 4.78 is 10.3. The molecule has 0 aliphatic carbocycles. The van der Waals surface area contributed by atoms with Crippen molar-refractivity contribution in [3.8, 4) is 11.6 Å². The van der Waals surface area contributed by atoms with Crippen molar-refractivity contribution in [1.82, 2.24) is 9.97 Å². The van der Waals surface area contributed by atoms with E-state index in [1.54, 1.807) is 0 Å². The maximum Gasteiger partial charge on any atom is 0.373 e. The first-order valence-corrected chi connectivity index (χ1v) is 9.24. The van der Waals surface area contributed by atoms with E-state index in [0.717, 1.165) is 12.0 Å². The normalized spacial score (nSPS) is 12.8. The van der Waals surface area contributed by atoms with Gasteiger partial charge in [-0.1, -0.05) is 24.3 Å². The van der Waals surface area contributed by atoms with E-state index in [1.807, 2.05) is 23.1 Å². The van der Waals surface area contributed by atoms with Crippen LogP contribution in [0.5, 0.6) is 11.6 Å². The van der Waals surface area contributed by atoms with E-state index in [4.69, 9.17) is 4.74 Å². The lowest BCUT2D eigenvalue weighted by Crippen LogP contribution is -2.31. The number of aromatic nitrogens is 2. The summed E-state index contributed by atoms with van der Waals surface area (Å²) in [5.41, 5.74) is 2.38. The average Bonchev–Trinajstić information content (AvgIpc) is 2.78. The Morgan fingerprint density at radius 2 is 1.83 bits per heavy atom. The fraction of sp³-hybridized carbons (Fsp3) is 0.190. The lowest BCUT2D eigenvalue weighted by Gasteiger charge is -2.29. The molecule has 0 unspecified atom stereocenters. The molecule has 0 saturated carbocycles. The summed E-state index contributed by atoms with van der Waals surface area (Å²) in [5.74, 6) is -0.123. The molecule has 2 aromatic carbocycles. The predicted molar refractivity (Wildman–Crippen MR) is 108 cm³/mol. The largest absolute Gasteiger partial charge is 0.465 e. The number of ether oxygens (including phenoxy) is 2. The first-order chi connectivity index (χ1) is 14.6. The molecular weight excluding hydrogens is 388 g/mol. The predicted octanol–water partition coefficient (Wildman–Crippen LogP) is 3.53. The molecule has 0 radical (unpaired) electrons. The first kappa shape index (κ1) is 19.3. The molecule has 0 fully saturated rings. The van der Waals surface area contributed by atoms with Gasteiger partial charge in [-0.2, -0.15) is 4.98 Å². The van der Waals surface area contributed by atoms with Crippen molar-refractivity contribution < 1.29 is 19.2 Å². The monoisotopic (exact) mass is 406 g/mol. The number of carbonyl (C=O) groups excluding carboxylic acids is 1. The molecular formula is C21H18N4O5. The number of esters is 1. The van der Waals surface area contributed by atoms with Gasteiger partial charge in [-0.15, -0.1) is 0 Å². The molecule has 1 aliphatic heterocycles. The van der Waals surface area contributed by atoms with Gasteiger partial charge in [0.25, 0.3) is 0 Å². The highest BCUT2D eigenvalue weighted by molar-refractivity contribution is 5.89. The molecule has 9 heteroatoms. The SMILES string of the molecule is COC(=O)c1ccc(Oc2ncnc(N3CCc4ccccc4C3)c2[N+](=O)[O-])cc1. The van der Waals surface area contributed by atoms with Gasteiger partial charge in [0.15, 0.2) is 0 Å². The molecule has 2 heterocycles. The quantitative estimate of drug-likeness (QED) is 0.360. The maximum atomic E-state index is 11.9. The second-order valence-corrected chi connectivity index (χ2v) is 6.67. The van der Waals surface area contributed by atoms with Gasteiger partial charge < -0.3 is 14.4 Å². The van der Waals surface area contributed by atoms with Crippen molar-refractivity contribution in [3.05, 3.63) is 81.7 Å². The minimum atomic E-state index is -0.534. The fourth-order valence-corrected chi connectivity index (χ4v) is 3.38. The lowest BCUT2D eigenvalue weighted by molar-refractivity contribution is -0.385. The highest BCUT2D eigenvalue weighted by Gasteiger charge is 2.30. The summed E-state index contributed by atoms with van der Waals surface area (Å²) in [6.45, 7) is 1.11. The highest BCUT2D eigenvalue weighted by Crippen LogP contribution is 2.37. The van der Waals surface area contributed by atoms with E-state index in [1.165, 1.54) is 43.3 Å². The van der Waals surface area contributed by atoms with Crippen LogP contribution in [-0.4, -0.2) is 34.5 Å². The van der Waals surface area contributed by atoms with Crippen molar-refractivity contribution in [2.24, 2.45) is 0 Å². The van der Waals surface area contributed by atoms with Crippen LogP contribution in [0.2, 0.25) is 0 Å². The van der Waals surface area contributed by atoms with Crippen LogP contribution in [0, 0.1) is 10.1 Å². The van der Waals surface area contributed by atoms with Crippen LogP contribution in [0.1, 0.15) is 21.5 Å². The van der Waals surface area contributed by atoms with Gasteiger partial charge in [0.05, 0.1) is 17.6 Å². The number of nitrogens with zero attached hydrogens (tertiary/aromatic N) is 4. The summed E-state index contributed by atoms with van der Waals surface area (Å²) in [4.78, 5) is 32.9. The van der Waals surface area contributed by atoms with Crippen LogP contribution in [-0.2, 0) is 17.7 Å². The van der Waals surface area contributed by atoms with E-state index in [2.05, 4.69) is 20.8 Å².